The Kier molecular flexibility index (Phi) is 6.69. The van der Waals surface area contributed by atoms with Crippen molar-refractivity contribution >= 4 is 54.0 Å². The quantitative estimate of drug-likeness (QED) is 0.169. The van der Waals surface area contributed by atoms with Crippen molar-refractivity contribution in [1.29, 1.82) is 0 Å². The highest BCUT2D eigenvalue weighted by atomic mass is 32.2. The Labute approximate surface area is 236 Å². The molecule has 0 fully saturated rings. The molecule has 0 radical (unpaired) electrons. The summed E-state index contributed by atoms with van der Waals surface area (Å²) in [7, 11) is -4.16. The summed E-state index contributed by atoms with van der Waals surface area (Å²) in [6.07, 6.45) is -1.11. The first kappa shape index (κ1) is 26.5. The van der Waals surface area contributed by atoms with E-state index in [-0.39, 0.29) is 29.4 Å². The van der Waals surface area contributed by atoms with Crippen molar-refractivity contribution in [3.05, 3.63) is 125 Å². The minimum Gasteiger partial charge on any atom is -0.389 e. The molecule has 0 amide bonds. The van der Waals surface area contributed by atoms with Crippen LogP contribution in [0.4, 0.5) is 11.4 Å². The number of benzene rings is 5. The predicted molar refractivity (Wildman–Crippen MR) is 162 cm³/mol. The Morgan fingerprint density at radius 2 is 1.34 bits per heavy atom. The van der Waals surface area contributed by atoms with Crippen molar-refractivity contribution in [2.24, 2.45) is 0 Å². The van der Waals surface area contributed by atoms with E-state index in [0.717, 1.165) is 27.4 Å². The van der Waals surface area contributed by atoms with Gasteiger partial charge in [0.1, 0.15) is 0 Å². The van der Waals surface area contributed by atoms with Crippen LogP contribution >= 0.6 is 0 Å². The molecule has 5 aromatic carbocycles. The molecule has 1 aromatic heterocycles. The number of aromatic nitrogens is 1. The van der Waals surface area contributed by atoms with Crippen molar-refractivity contribution < 1.29 is 18.4 Å². The molecule has 1 atom stereocenters. The van der Waals surface area contributed by atoms with Crippen LogP contribution in [0.3, 0.4) is 0 Å². The van der Waals surface area contributed by atoms with Crippen LogP contribution in [-0.2, 0) is 16.6 Å². The van der Waals surface area contributed by atoms with Crippen LogP contribution in [0.25, 0.3) is 32.6 Å². The van der Waals surface area contributed by atoms with Crippen LogP contribution in [0, 0.1) is 17.0 Å². The van der Waals surface area contributed by atoms with Crippen LogP contribution in [-0.4, -0.2) is 35.7 Å². The number of non-ortho nitro benzene ring substituents is 1. The molecule has 8 nitrogen and oxygen atoms in total. The number of rotatable bonds is 8. The van der Waals surface area contributed by atoms with E-state index in [4.69, 9.17) is 0 Å². The zero-order valence-electron chi connectivity index (χ0n) is 22.2. The number of fused-ring (bicyclic) bond motifs is 4. The van der Waals surface area contributed by atoms with E-state index in [9.17, 15) is 23.6 Å². The largest absolute Gasteiger partial charge is 0.389 e. The van der Waals surface area contributed by atoms with Crippen molar-refractivity contribution in [2.75, 3.05) is 10.8 Å². The first-order valence-corrected chi connectivity index (χ1v) is 14.6. The van der Waals surface area contributed by atoms with Crippen molar-refractivity contribution in [2.45, 2.75) is 24.5 Å². The SMILES string of the molecule is Cc1ccc(S(=O)(=O)N(C[C@@H](O)Cn2c3ccccc3c3ccccc32)c2cccc3c([N+](=O)[O-])cccc23)cc1. The van der Waals surface area contributed by atoms with E-state index in [1.807, 2.05) is 60.0 Å². The molecule has 0 aliphatic heterocycles. The van der Waals surface area contributed by atoms with Crippen LogP contribution in [0.15, 0.2) is 114 Å². The maximum atomic E-state index is 14.1. The summed E-state index contributed by atoms with van der Waals surface area (Å²) >= 11 is 0. The second-order valence-corrected chi connectivity index (χ2v) is 11.9. The molecular formula is C32H27N3O5S. The first-order valence-electron chi connectivity index (χ1n) is 13.2. The standard InChI is InChI=1S/C32H27N3O5S/c1-22-16-18-24(19-17-22)41(39,40)34(31-14-6-11-28-27(31)10-7-15-32(28)35(37)38)21-23(36)20-33-29-12-4-2-8-25(29)26-9-3-5-13-30(26)33/h2-19,23,36H,20-21H2,1H3/t23-/m0/s1. The summed E-state index contributed by atoms with van der Waals surface area (Å²) in [6.45, 7) is 1.74. The van der Waals surface area contributed by atoms with Gasteiger partial charge in [-0.05, 0) is 43.3 Å². The van der Waals surface area contributed by atoms with E-state index >= 15 is 0 Å². The normalized spacial score (nSPS) is 12.6. The van der Waals surface area contributed by atoms with Gasteiger partial charge in [-0.15, -0.1) is 0 Å². The van der Waals surface area contributed by atoms with Gasteiger partial charge < -0.3 is 9.67 Å². The lowest BCUT2D eigenvalue weighted by Crippen LogP contribution is -2.39. The number of anilines is 1. The molecule has 206 valence electrons. The van der Waals surface area contributed by atoms with Gasteiger partial charge in [-0.1, -0.05) is 72.3 Å². The summed E-state index contributed by atoms with van der Waals surface area (Å²) in [4.78, 5) is 11.3. The van der Waals surface area contributed by atoms with Gasteiger partial charge in [0.15, 0.2) is 0 Å². The monoisotopic (exact) mass is 565 g/mol. The highest BCUT2D eigenvalue weighted by Gasteiger charge is 2.30. The first-order chi connectivity index (χ1) is 19.8. The maximum absolute atomic E-state index is 14.1. The maximum Gasteiger partial charge on any atom is 0.277 e. The van der Waals surface area contributed by atoms with E-state index in [1.54, 1.807) is 36.4 Å². The Bertz CT molecular complexity index is 1980. The van der Waals surface area contributed by atoms with Gasteiger partial charge in [-0.3, -0.25) is 14.4 Å². The van der Waals surface area contributed by atoms with Crippen molar-refractivity contribution in [1.82, 2.24) is 4.57 Å². The average molecular weight is 566 g/mol. The summed E-state index contributed by atoms with van der Waals surface area (Å²) in [5, 5.41) is 26.1. The molecule has 6 aromatic rings. The van der Waals surface area contributed by atoms with E-state index in [2.05, 4.69) is 0 Å². The molecule has 41 heavy (non-hydrogen) atoms. The molecule has 0 saturated heterocycles. The Hall–Kier alpha value is -4.73. The number of aliphatic hydroxyl groups is 1. The van der Waals surface area contributed by atoms with E-state index < -0.39 is 21.1 Å². The van der Waals surface area contributed by atoms with Gasteiger partial charge in [-0.25, -0.2) is 8.42 Å². The van der Waals surface area contributed by atoms with Gasteiger partial charge in [0.05, 0.1) is 40.1 Å². The van der Waals surface area contributed by atoms with Crippen molar-refractivity contribution in [3.8, 4) is 0 Å². The zero-order chi connectivity index (χ0) is 28.7. The molecule has 1 heterocycles. The lowest BCUT2D eigenvalue weighted by Gasteiger charge is -2.28. The number of hydrogen-bond donors (Lipinski definition) is 1. The number of sulfonamides is 1. The van der Waals surface area contributed by atoms with Gasteiger partial charge in [0.2, 0.25) is 0 Å². The minimum absolute atomic E-state index is 0.0644. The van der Waals surface area contributed by atoms with Crippen LogP contribution in [0.2, 0.25) is 0 Å². The van der Waals surface area contributed by atoms with E-state index in [1.165, 1.54) is 28.6 Å². The molecule has 0 saturated carbocycles. The third-order valence-electron chi connectivity index (χ3n) is 7.40. The predicted octanol–water partition coefficient (Wildman–Crippen LogP) is 6.42. The van der Waals surface area contributed by atoms with Crippen LogP contribution < -0.4 is 4.31 Å². The molecule has 0 unspecified atom stereocenters. The highest BCUT2D eigenvalue weighted by molar-refractivity contribution is 7.92. The molecule has 9 heteroatoms. The topological polar surface area (TPSA) is 106 Å². The third-order valence-corrected chi connectivity index (χ3v) is 9.19. The number of aliphatic hydroxyl groups excluding tert-OH is 1. The molecule has 6 rings (SSSR count). The average Bonchev–Trinajstić information content (AvgIpc) is 3.29. The third kappa shape index (κ3) is 4.69. The summed E-state index contributed by atoms with van der Waals surface area (Å²) in [6, 6.07) is 31.7. The number of aryl methyl sites for hydroxylation is 1. The summed E-state index contributed by atoms with van der Waals surface area (Å²) < 4.78 is 31.5. The molecule has 0 spiro atoms. The Morgan fingerprint density at radius 1 is 0.780 bits per heavy atom. The fourth-order valence-corrected chi connectivity index (χ4v) is 7.00. The number of hydrogen-bond acceptors (Lipinski definition) is 5. The summed E-state index contributed by atoms with van der Waals surface area (Å²) in [5.74, 6) is 0. The van der Waals surface area contributed by atoms with E-state index in [0.29, 0.717) is 10.8 Å². The molecule has 1 N–H and O–H groups in total. The fourth-order valence-electron chi connectivity index (χ4n) is 5.48. The fraction of sp³-hybridized carbons (Fsp3) is 0.125. The number of nitrogens with zero attached hydrogens (tertiary/aromatic N) is 3. The Morgan fingerprint density at radius 3 is 1.98 bits per heavy atom. The highest BCUT2D eigenvalue weighted by Crippen LogP contribution is 2.36. The lowest BCUT2D eigenvalue weighted by atomic mass is 10.1. The lowest BCUT2D eigenvalue weighted by molar-refractivity contribution is -0.383. The van der Waals surface area contributed by atoms with Gasteiger partial charge in [0.25, 0.3) is 15.7 Å². The van der Waals surface area contributed by atoms with Crippen LogP contribution in [0.1, 0.15) is 5.56 Å². The van der Waals surface area contributed by atoms with Gasteiger partial charge in [0, 0.05) is 33.3 Å². The minimum atomic E-state index is -4.16. The van der Waals surface area contributed by atoms with Crippen LogP contribution in [0.5, 0.6) is 0 Å². The molecule has 0 aliphatic carbocycles. The number of nitro benzene ring substituents is 1. The molecule has 0 bridgehead atoms. The number of para-hydroxylation sites is 2. The van der Waals surface area contributed by atoms with Crippen molar-refractivity contribution in [3.63, 3.8) is 0 Å². The number of nitro groups is 1. The zero-order valence-corrected chi connectivity index (χ0v) is 23.0. The summed E-state index contributed by atoms with van der Waals surface area (Å²) in [5.41, 5.74) is 2.90. The molecular weight excluding hydrogens is 538 g/mol. The van der Waals surface area contributed by atoms with Gasteiger partial charge in [-0.2, -0.15) is 0 Å². The smallest absolute Gasteiger partial charge is 0.277 e. The molecule has 0 aliphatic rings. The second-order valence-electron chi connectivity index (χ2n) is 10.1. The van der Waals surface area contributed by atoms with Gasteiger partial charge >= 0.3 is 0 Å². The second kappa shape index (κ2) is 10.3. The Balaban J connectivity index is 1.47.